The van der Waals surface area contributed by atoms with Crippen molar-refractivity contribution in [2.45, 2.75) is 18.4 Å². The lowest BCUT2D eigenvalue weighted by molar-refractivity contribution is -0.139. The van der Waals surface area contributed by atoms with Crippen molar-refractivity contribution in [3.63, 3.8) is 0 Å². The average Bonchev–Trinajstić information content (AvgIpc) is 3.28. The Bertz CT molecular complexity index is 1860. The van der Waals surface area contributed by atoms with Gasteiger partial charge in [-0.3, -0.25) is 9.59 Å². The molecule has 0 aromatic heterocycles. The normalized spacial score (nSPS) is 21.8. The van der Waals surface area contributed by atoms with Crippen LogP contribution >= 0.6 is 45.2 Å². The Labute approximate surface area is 276 Å². The summed E-state index contributed by atoms with van der Waals surface area (Å²) in [5.74, 6) is -0.792. The Morgan fingerprint density at radius 3 is 1.79 bits per heavy atom. The highest BCUT2D eigenvalue weighted by Gasteiger charge is 2.61. The molecule has 1 fully saturated rings. The van der Waals surface area contributed by atoms with Crippen molar-refractivity contribution >= 4 is 74.0 Å². The molecule has 5 aromatic carbocycles. The molecule has 0 unspecified atom stereocenters. The van der Waals surface area contributed by atoms with Gasteiger partial charge in [0.15, 0.2) is 0 Å². The third kappa shape index (κ3) is 4.26. The van der Waals surface area contributed by atoms with Gasteiger partial charge in [0.2, 0.25) is 0 Å². The standard InChI is InChI=1S/C36H24I2N2O3/c37-28-16-20(17-29(38)34(28)43-19-22-10-7-9-21-8-1-2-11-23(21)22)18-39-40-35(41)32-30-24-12-3-4-13-25(24)31(33(32)36(40)42)27-15-6-5-14-26(27)30/h1-18,30-33H,19H2/b39-18-/t30?,31?,32-,33+. The second-order valence-corrected chi connectivity index (χ2v) is 13.6. The minimum Gasteiger partial charge on any atom is -0.487 e. The van der Waals surface area contributed by atoms with E-state index in [2.05, 4.69) is 105 Å². The molecule has 1 saturated heterocycles. The zero-order valence-electron chi connectivity index (χ0n) is 22.8. The van der Waals surface area contributed by atoms with Crippen molar-refractivity contribution in [2.24, 2.45) is 16.9 Å². The number of imide groups is 1. The summed E-state index contributed by atoms with van der Waals surface area (Å²) in [5.41, 5.74) is 6.55. The predicted molar refractivity (Wildman–Crippen MR) is 183 cm³/mol. The highest BCUT2D eigenvalue weighted by Crippen LogP contribution is 2.61. The molecule has 210 valence electrons. The molecule has 3 aliphatic carbocycles. The summed E-state index contributed by atoms with van der Waals surface area (Å²) in [6.07, 6.45) is 1.62. The number of nitrogens with zero attached hydrogens (tertiary/aromatic N) is 2. The molecular weight excluding hydrogens is 762 g/mol. The molecule has 7 heteroatoms. The first-order valence-corrected chi connectivity index (χ1v) is 16.3. The van der Waals surface area contributed by atoms with Gasteiger partial charge in [-0.05, 0) is 101 Å². The van der Waals surface area contributed by atoms with Crippen LogP contribution in [0.5, 0.6) is 5.75 Å². The minimum atomic E-state index is -0.440. The summed E-state index contributed by atoms with van der Waals surface area (Å²) >= 11 is 4.54. The summed E-state index contributed by atoms with van der Waals surface area (Å²) in [4.78, 5) is 27.7. The van der Waals surface area contributed by atoms with Crippen LogP contribution in [0, 0.1) is 19.0 Å². The summed E-state index contributed by atoms with van der Waals surface area (Å²) < 4.78 is 8.17. The van der Waals surface area contributed by atoms with Crippen LogP contribution in [0.4, 0.5) is 0 Å². The van der Waals surface area contributed by atoms with Gasteiger partial charge >= 0.3 is 0 Å². The zero-order chi connectivity index (χ0) is 29.2. The highest BCUT2D eigenvalue weighted by atomic mass is 127. The third-order valence-electron chi connectivity index (χ3n) is 9.02. The number of benzene rings is 5. The second kappa shape index (κ2) is 10.6. The van der Waals surface area contributed by atoms with Crippen molar-refractivity contribution in [2.75, 3.05) is 0 Å². The smallest absolute Gasteiger partial charge is 0.254 e. The quantitative estimate of drug-likeness (QED) is 0.104. The van der Waals surface area contributed by atoms with Gasteiger partial charge in [0.1, 0.15) is 12.4 Å². The summed E-state index contributed by atoms with van der Waals surface area (Å²) in [6.45, 7) is 0.452. The van der Waals surface area contributed by atoms with Gasteiger partial charge < -0.3 is 4.74 Å². The topological polar surface area (TPSA) is 59.0 Å². The van der Waals surface area contributed by atoms with Crippen LogP contribution in [-0.4, -0.2) is 23.0 Å². The van der Waals surface area contributed by atoms with Crippen LogP contribution in [0.25, 0.3) is 10.8 Å². The Kier molecular flexibility index (Phi) is 6.63. The molecule has 2 bridgehead atoms. The number of hydrazone groups is 1. The predicted octanol–water partition coefficient (Wildman–Crippen LogP) is 7.85. The van der Waals surface area contributed by atoms with Gasteiger partial charge in [-0.1, -0.05) is 91.0 Å². The van der Waals surface area contributed by atoms with E-state index in [4.69, 9.17) is 4.74 Å². The molecule has 0 spiro atoms. The van der Waals surface area contributed by atoms with E-state index in [9.17, 15) is 9.59 Å². The summed E-state index contributed by atoms with van der Waals surface area (Å²) in [5, 5.41) is 7.99. The molecule has 1 heterocycles. The van der Waals surface area contributed by atoms with Crippen LogP contribution in [0.15, 0.2) is 108 Å². The lowest BCUT2D eigenvalue weighted by Crippen LogP contribution is -2.41. The lowest BCUT2D eigenvalue weighted by Gasteiger charge is -2.45. The maximum Gasteiger partial charge on any atom is 0.254 e. The fourth-order valence-corrected chi connectivity index (χ4v) is 9.39. The molecule has 1 aliphatic heterocycles. The number of ether oxygens (including phenoxy) is 1. The Balaban J connectivity index is 1.06. The van der Waals surface area contributed by atoms with Crippen LogP contribution in [0.3, 0.4) is 0 Å². The summed E-state index contributed by atoms with van der Waals surface area (Å²) in [7, 11) is 0. The van der Waals surface area contributed by atoms with Crippen molar-refractivity contribution in [3.05, 3.63) is 144 Å². The van der Waals surface area contributed by atoms with Gasteiger partial charge in [0.05, 0.1) is 25.2 Å². The van der Waals surface area contributed by atoms with E-state index < -0.39 is 11.8 Å². The van der Waals surface area contributed by atoms with Crippen LogP contribution in [0.2, 0.25) is 0 Å². The van der Waals surface area contributed by atoms with Crippen molar-refractivity contribution in [3.8, 4) is 5.75 Å². The van der Waals surface area contributed by atoms with Gasteiger partial charge in [0.25, 0.3) is 11.8 Å². The molecule has 2 amide bonds. The number of hydrogen-bond acceptors (Lipinski definition) is 4. The highest BCUT2D eigenvalue weighted by molar-refractivity contribution is 14.1. The third-order valence-corrected chi connectivity index (χ3v) is 10.6. The first-order chi connectivity index (χ1) is 21.0. The van der Waals surface area contributed by atoms with E-state index >= 15 is 0 Å². The molecule has 5 aromatic rings. The molecule has 43 heavy (non-hydrogen) atoms. The first kappa shape index (κ1) is 27.0. The van der Waals surface area contributed by atoms with E-state index in [1.54, 1.807) is 6.21 Å². The molecule has 0 N–H and O–H groups in total. The first-order valence-electron chi connectivity index (χ1n) is 14.2. The number of fused-ring (bicyclic) bond motifs is 1. The number of hydrogen-bond donors (Lipinski definition) is 0. The minimum absolute atomic E-state index is 0.140. The molecule has 0 saturated carbocycles. The van der Waals surface area contributed by atoms with Crippen LogP contribution in [0.1, 0.15) is 45.2 Å². The Hall–Kier alpha value is -3.57. The van der Waals surface area contributed by atoms with Crippen LogP contribution < -0.4 is 4.74 Å². The van der Waals surface area contributed by atoms with E-state index in [1.807, 2.05) is 48.5 Å². The Morgan fingerprint density at radius 1 is 0.698 bits per heavy atom. The number of carbonyl (C=O) groups excluding carboxylic acids is 2. The molecule has 2 atom stereocenters. The lowest BCUT2D eigenvalue weighted by atomic mass is 9.55. The molecule has 4 aliphatic rings. The molecule has 9 rings (SSSR count). The average molecular weight is 786 g/mol. The largest absolute Gasteiger partial charge is 0.487 e. The number of halogens is 2. The second-order valence-electron chi connectivity index (χ2n) is 11.2. The number of amides is 2. The molecule has 0 radical (unpaired) electrons. The van der Waals surface area contributed by atoms with E-state index in [-0.39, 0.29) is 23.7 Å². The van der Waals surface area contributed by atoms with Gasteiger partial charge in [0, 0.05) is 11.8 Å². The van der Waals surface area contributed by atoms with E-state index in [1.165, 1.54) is 10.8 Å². The number of carbonyl (C=O) groups is 2. The maximum absolute atomic E-state index is 13.9. The SMILES string of the molecule is O=C1[C@@H]2C3c4ccccc4C(c4ccccc43)[C@@H]2C(=O)N1/N=C\c1cc(I)c(OCc2cccc3ccccc23)c(I)c1. The summed E-state index contributed by atoms with van der Waals surface area (Å²) in [6, 6.07) is 35.0. The van der Waals surface area contributed by atoms with Crippen LogP contribution in [-0.2, 0) is 16.2 Å². The molecular formula is C36H24I2N2O3. The van der Waals surface area contributed by atoms with Crippen molar-refractivity contribution in [1.82, 2.24) is 5.01 Å². The maximum atomic E-state index is 13.9. The van der Waals surface area contributed by atoms with E-state index in [0.717, 1.165) is 51.3 Å². The van der Waals surface area contributed by atoms with Gasteiger partial charge in [-0.15, -0.1) is 0 Å². The zero-order valence-corrected chi connectivity index (χ0v) is 27.1. The Morgan fingerprint density at radius 2 is 1.21 bits per heavy atom. The van der Waals surface area contributed by atoms with Crippen molar-refractivity contribution in [1.29, 1.82) is 0 Å². The van der Waals surface area contributed by atoms with Crippen molar-refractivity contribution < 1.29 is 14.3 Å². The number of rotatable bonds is 5. The van der Waals surface area contributed by atoms with E-state index in [0.29, 0.717) is 6.61 Å². The van der Waals surface area contributed by atoms with Gasteiger partial charge in [-0.2, -0.15) is 10.1 Å². The molecule has 5 nitrogen and oxygen atoms in total. The monoisotopic (exact) mass is 786 g/mol. The fraction of sp³-hybridized carbons (Fsp3) is 0.139. The van der Waals surface area contributed by atoms with Gasteiger partial charge in [-0.25, -0.2) is 0 Å². The fourth-order valence-electron chi connectivity index (χ4n) is 7.26.